The zero-order valence-corrected chi connectivity index (χ0v) is 8.00. The summed E-state index contributed by atoms with van der Waals surface area (Å²) in [5.74, 6) is -0.0443. The molecule has 0 spiro atoms. The summed E-state index contributed by atoms with van der Waals surface area (Å²) in [5, 5.41) is 3.64. The molecule has 0 atom stereocenters. The first-order chi connectivity index (χ1) is 6.66. The van der Waals surface area contributed by atoms with Gasteiger partial charge in [0, 0.05) is 5.56 Å². The minimum atomic E-state index is -0.527. The summed E-state index contributed by atoms with van der Waals surface area (Å²) in [7, 11) is 0. The molecule has 0 aliphatic rings. The first-order valence-corrected chi connectivity index (χ1v) is 4.30. The van der Waals surface area contributed by atoms with Crippen LogP contribution < -0.4 is 5.76 Å². The molecule has 0 unspecified atom stereocenters. The lowest BCUT2D eigenvalue weighted by Crippen LogP contribution is -1.95. The monoisotopic (exact) mass is 190 g/mol. The number of H-pyrrole nitrogens is 1. The van der Waals surface area contributed by atoms with Gasteiger partial charge in [-0.15, -0.1) is 0 Å². The molecule has 0 fully saturated rings. The Morgan fingerprint density at radius 2 is 2.14 bits per heavy atom. The molecule has 1 N–H and O–H groups in total. The van der Waals surface area contributed by atoms with E-state index in [1.54, 1.807) is 0 Å². The summed E-state index contributed by atoms with van der Waals surface area (Å²) in [6, 6.07) is 5.96. The van der Waals surface area contributed by atoms with Crippen molar-refractivity contribution in [3.8, 4) is 11.4 Å². The molecular formula is C10H10N2O2. The van der Waals surface area contributed by atoms with Gasteiger partial charge in [-0.25, -0.2) is 4.79 Å². The summed E-state index contributed by atoms with van der Waals surface area (Å²) < 4.78 is 4.45. The van der Waals surface area contributed by atoms with Crippen molar-refractivity contribution in [1.29, 1.82) is 0 Å². The molecule has 2 aromatic rings. The van der Waals surface area contributed by atoms with Crippen LogP contribution >= 0.6 is 0 Å². The maximum absolute atomic E-state index is 10.8. The lowest BCUT2D eigenvalue weighted by atomic mass is 10.1. The van der Waals surface area contributed by atoms with E-state index >= 15 is 0 Å². The number of hydrogen-bond donors (Lipinski definition) is 1. The van der Waals surface area contributed by atoms with E-state index in [-0.39, 0.29) is 0 Å². The van der Waals surface area contributed by atoms with Crippen LogP contribution in [0.1, 0.15) is 11.1 Å². The van der Waals surface area contributed by atoms with E-state index in [1.165, 1.54) is 0 Å². The predicted molar refractivity (Wildman–Crippen MR) is 52.0 cm³/mol. The van der Waals surface area contributed by atoms with Crippen LogP contribution in [0, 0.1) is 13.8 Å². The lowest BCUT2D eigenvalue weighted by molar-refractivity contribution is 0.388. The van der Waals surface area contributed by atoms with Gasteiger partial charge in [0.05, 0.1) is 0 Å². The second-order valence-corrected chi connectivity index (χ2v) is 3.26. The summed E-state index contributed by atoms with van der Waals surface area (Å²) in [6.45, 7) is 3.95. The van der Waals surface area contributed by atoms with Crippen molar-refractivity contribution in [3.05, 3.63) is 39.9 Å². The molecule has 14 heavy (non-hydrogen) atoms. The molecule has 1 aromatic heterocycles. The average Bonchev–Trinajstić information content (AvgIpc) is 2.56. The number of aromatic nitrogens is 2. The van der Waals surface area contributed by atoms with Gasteiger partial charge >= 0.3 is 5.76 Å². The van der Waals surface area contributed by atoms with Crippen molar-refractivity contribution in [1.82, 2.24) is 10.1 Å². The molecule has 0 radical (unpaired) electrons. The molecule has 4 nitrogen and oxygen atoms in total. The Labute approximate surface area is 80.6 Å². The molecule has 1 heterocycles. The maximum Gasteiger partial charge on any atom is 0.439 e. The Morgan fingerprint density at radius 1 is 1.36 bits per heavy atom. The SMILES string of the molecule is Cc1ccc(C)c(-c2noc(=O)[nH]2)c1. The summed E-state index contributed by atoms with van der Waals surface area (Å²) in [4.78, 5) is 13.3. The maximum atomic E-state index is 10.8. The van der Waals surface area contributed by atoms with Crippen LogP contribution in [-0.4, -0.2) is 10.1 Å². The molecule has 0 bridgehead atoms. The molecule has 0 saturated heterocycles. The van der Waals surface area contributed by atoms with Gasteiger partial charge in [0.25, 0.3) is 0 Å². The predicted octanol–water partition coefficient (Wildman–Crippen LogP) is 1.65. The van der Waals surface area contributed by atoms with E-state index in [0.29, 0.717) is 5.82 Å². The standard InChI is InChI=1S/C10H10N2O2/c1-6-3-4-7(2)8(5-6)9-11-10(13)14-12-9/h3-5H,1-2H3,(H,11,12,13). The number of nitrogens with zero attached hydrogens (tertiary/aromatic N) is 1. The third kappa shape index (κ3) is 1.46. The molecule has 2 rings (SSSR count). The van der Waals surface area contributed by atoms with Crippen LogP contribution in [0.2, 0.25) is 0 Å². The Balaban J connectivity index is 2.61. The molecule has 72 valence electrons. The fourth-order valence-electron chi connectivity index (χ4n) is 1.34. The Bertz CT molecular complexity index is 511. The van der Waals surface area contributed by atoms with E-state index in [9.17, 15) is 4.79 Å². The van der Waals surface area contributed by atoms with Gasteiger partial charge < -0.3 is 0 Å². The van der Waals surface area contributed by atoms with Gasteiger partial charge in [-0.1, -0.05) is 22.9 Å². The van der Waals surface area contributed by atoms with Gasteiger partial charge in [0.15, 0.2) is 5.82 Å². The van der Waals surface area contributed by atoms with Crippen molar-refractivity contribution in [2.24, 2.45) is 0 Å². The van der Waals surface area contributed by atoms with Crippen LogP contribution in [0.3, 0.4) is 0 Å². The number of hydrogen-bond acceptors (Lipinski definition) is 3. The Kier molecular flexibility index (Phi) is 1.96. The first kappa shape index (κ1) is 8.74. The molecule has 0 amide bonds. The molecule has 1 aromatic carbocycles. The fourth-order valence-corrected chi connectivity index (χ4v) is 1.34. The molecule has 0 aliphatic carbocycles. The van der Waals surface area contributed by atoms with E-state index in [2.05, 4.69) is 14.7 Å². The highest BCUT2D eigenvalue weighted by Crippen LogP contribution is 2.19. The van der Waals surface area contributed by atoms with Crippen LogP contribution in [0.25, 0.3) is 11.4 Å². The molecule has 0 saturated carbocycles. The van der Waals surface area contributed by atoms with Crippen molar-refractivity contribution in [2.45, 2.75) is 13.8 Å². The highest BCUT2D eigenvalue weighted by molar-refractivity contribution is 5.60. The number of aryl methyl sites for hydroxylation is 2. The van der Waals surface area contributed by atoms with Crippen LogP contribution in [0.5, 0.6) is 0 Å². The first-order valence-electron chi connectivity index (χ1n) is 4.30. The van der Waals surface area contributed by atoms with Gasteiger partial charge in [-0.2, -0.15) is 0 Å². The zero-order chi connectivity index (χ0) is 10.1. The molecule has 4 heteroatoms. The number of rotatable bonds is 1. The topological polar surface area (TPSA) is 58.9 Å². The van der Waals surface area contributed by atoms with Gasteiger partial charge in [-0.3, -0.25) is 9.51 Å². The van der Waals surface area contributed by atoms with Crippen LogP contribution in [-0.2, 0) is 0 Å². The molecular weight excluding hydrogens is 180 g/mol. The highest BCUT2D eigenvalue weighted by atomic mass is 16.5. The summed E-state index contributed by atoms with van der Waals surface area (Å²) in [5.41, 5.74) is 3.07. The van der Waals surface area contributed by atoms with E-state index in [0.717, 1.165) is 16.7 Å². The lowest BCUT2D eigenvalue weighted by Gasteiger charge is -2.01. The second-order valence-electron chi connectivity index (χ2n) is 3.26. The molecule has 0 aliphatic heterocycles. The normalized spacial score (nSPS) is 10.4. The Hall–Kier alpha value is -1.84. The zero-order valence-electron chi connectivity index (χ0n) is 8.00. The Morgan fingerprint density at radius 3 is 2.79 bits per heavy atom. The van der Waals surface area contributed by atoms with Crippen LogP contribution in [0.4, 0.5) is 0 Å². The number of nitrogens with one attached hydrogen (secondary N) is 1. The third-order valence-corrected chi connectivity index (χ3v) is 2.09. The number of benzene rings is 1. The van der Waals surface area contributed by atoms with Crippen molar-refractivity contribution in [3.63, 3.8) is 0 Å². The largest absolute Gasteiger partial charge is 0.439 e. The summed E-state index contributed by atoms with van der Waals surface area (Å²) in [6.07, 6.45) is 0. The van der Waals surface area contributed by atoms with E-state index in [4.69, 9.17) is 0 Å². The van der Waals surface area contributed by atoms with E-state index < -0.39 is 5.76 Å². The van der Waals surface area contributed by atoms with Gasteiger partial charge in [0.2, 0.25) is 0 Å². The van der Waals surface area contributed by atoms with Crippen molar-refractivity contribution >= 4 is 0 Å². The van der Waals surface area contributed by atoms with Crippen LogP contribution in [0.15, 0.2) is 27.5 Å². The average molecular weight is 190 g/mol. The van der Waals surface area contributed by atoms with Gasteiger partial charge in [-0.05, 0) is 25.5 Å². The summed E-state index contributed by atoms with van der Waals surface area (Å²) >= 11 is 0. The quantitative estimate of drug-likeness (QED) is 0.743. The van der Waals surface area contributed by atoms with Crippen molar-refractivity contribution < 1.29 is 4.52 Å². The van der Waals surface area contributed by atoms with Gasteiger partial charge in [0.1, 0.15) is 0 Å². The third-order valence-electron chi connectivity index (χ3n) is 2.09. The van der Waals surface area contributed by atoms with Crippen molar-refractivity contribution in [2.75, 3.05) is 0 Å². The smallest absolute Gasteiger partial charge is 0.296 e. The number of aromatic amines is 1. The minimum absolute atomic E-state index is 0.483. The van der Waals surface area contributed by atoms with E-state index in [1.807, 2.05) is 32.0 Å². The highest BCUT2D eigenvalue weighted by Gasteiger charge is 2.06. The minimum Gasteiger partial charge on any atom is -0.296 e. The second kappa shape index (κ2) is 3.14. The fraction of sp³-hybridized carbons (Fsp3) is 0.200.